The van der Waals surface area contributed by atoms with Crippen molar-refractivity contribution in [3.05, 3.63) is 95.6 Å². The fourth-order valence-corrected chi connectivity index (χ4v) is 2.96. The summed E-state index contributed by atoms with van der Waals surface area (Å²) in [6.45, 7) is 3.79. The van der Waals surface area contributed by atoms with Crippen LogP contribution in [0.5, 0.6) is 11.5 Å². The first kappa shape index (κ1) is 19.5. The zero-order valence-corrected chi connectivity index (χ0v) is 16.4. The van der Waals surface area contributed by atoms with Crippen molar-refractivity contribution >= 4 is 5.91 Å². The molecular formula is C24H25NO3. The molecule has 0 bridgehead atoms. The quantitative estimate of drug-likeness (QED) is 0.652. The fraction of sp³-hybridized carbons (Fsp3) is 0.208. The normalized spacial score (nSPS) is 12.7. The predicted molar refractivity (Wildman–Crippen MR) is 111 cm³/mol. The molecular weight excluding hydrogens is 350 g/mol. The molecule has 0 aromatic heterocycles. The maximum Gasteiger partial charge on any atom is 0.261 e. The third kappa shape index (κ3) is 4.92. The minimum atomic E-state index is -0.649. The van der Waals surface area contributed by atoms with E-state index >= 15 is 0 Å². The minimum absolute atomic E-state index is 0.183. The topological polar surface area (TPSA) is 47.6 Å². The smallest absolute Gasteiger partial charge is 0.261 e. The van der Waals surface area contributed by atoms with E-state index < -0.39 is 6.10 Å². The maximum absolute atomic E-state index is 12.9. The molecule has 144 valence electrons. The number of nitrogens with one attached hydrogen (secondary N) is 1. The molecule has 3 aromatic carbocycles. The number of methoxy groups -OCH3 is 1. The van der Waals surface area contributed by atoms with Crippen molar-refractivity contribution in [1.82, 2.24) is 5.32 Å². The Kier molecular flexibility index (Phi) is 6.33. The lowest BCUT2D eigenvalue weighted by Gasteiger charge is -2.23. The van der Waals surface area contributed by atoms with Gasteiger partial charge in [0, 0.05) is 6.07 Å². The summed E-state index contributed by atoms with van der Waals surface area (Å²) < 4.78 is 11.0. The molecule has 3 aromatic rings. The summed E-state index contributed by atoms with van der Waals surface area (Å²) in [4.78, 5) is 12.9. The highest BCUT2D eigenvalue weighted by molar-refractivity contribution is 5.81. The molecule has 4 nitrogen and oxygen atoms in total. The lowest BCUT2D eigenvalue weighted by molar-refractivity contribution is -0.127. The van der Waals surface area contributed by atoms with E-state index in [1.165, 1.54) is 5.56 Å². The standard InChI is InChI=1S/C24H25NO3/c1-17-12-14-20(15-13-17)23(19-8-5-4-6-9-19)25-24(26)18(2)28-22-11-7-10-21(16-22)27-3/h4-16,18,23H,1-3H3,(H,25,26)/t18-,23-/m1/s1. The molecule has 0 fully saturated rings. The number of aryl methyl sites for hydroxylation is 1. The zero-order chi connectivity index (χ0) is 19.9. The molecule has 0 unspecified atom stereocenters. The van der Waals surface area contributed by atoms with Crippen LogP contribution in [0, 0.1) is 6.92 Å². The Morgan fingerprint density at radius 1 is 0.857 bits per heavy atom. The Bertz CT molecular complexity index is 907. The van der Waals surface area contributed by atoms with Crippen LogP contribution in [0.4, 0.5) is 0 Å². The molecule has 0 spiro atoms. The molecule has 0 aliphatic heterocycles. The second kappa shape index (κ2) is 9.09. The van der Waals surface area contributed by atoms with Crippen molar-refractivity contribution in [3.63, 3.8) is 0 Å². The Labute approximate surface area is 166 Å². The summed E-state index contributed by atoms with van der Waals surface area (Å²) in [5, 5.41) is 3.12. The third-order valence-corrected chi connectivity index (χ3v) is 4.55. The van der Waals surface area contributed by atoms with Gasteiger partial charge in [0.1, 0.15) is 11.5 Å². The van der Waals surface area contributed by atoms with E-state index in [4.69, 9.17) is 9.47 Å². The van der Waals surface area contributed by atoms with Crippen LogP contribution in [0.3, 0.4) is 0 Å². The minimum Gasteiger partial charge on any atom is -0.497 e. The number of ether oxygens (including phenoxy) is 2. The Hall–Kier alpha value is -3.27. The van der Waals surface area contributed by atoms with E-state index in [0.29, 0.717) is 11.5 Å². The largest absolute Gasteiger partial charge is 0.497 e. The van der Waals surface area contributed by atoms with Gasteiger partial charge in [0.15, 0.2) is 6.10 Å². The number of hydrogen-bond acceptors (Lipinski definition) is 3. The van der Waals surface area contributed by atoms with Crippen LogP contribution < -0.4 is 14.8 Å². The second-order valence-electron chi connectivity index (χ2n) is 6.70. The average molecular weight is 375 g/mol. The Morgan fingerprint density at radius 2 is 1.50 bits per heavy atom. The number of carbonyl (C=O) groups excluding carboxylic acids is 1. The number of amides is 1. The first-order valence-electron chi connectivity index (χ1n) is 9.29. The predicted octanol–water partition coefficient (Wildman–Crippen LogP) is 4.68. The summed E-state index contributed by atoms with van der Waals surface area (Å²) in [6.07, 6.45) is -0.649. The van der Waals surface area contributed by atoms with Crippen molar-refractivity contribution in [2.24, 2.45) is 0 Å². The number of hydrogen-bond donors (Lipinski definition) is 1. The van der Waals surface area contributed by atoms with Crippen LogP contribution in [-0.4, -0.2) is 19.1 Å². The molecule has 3 rings (SSSR count). The van der Waals surface area contributed by atoms with Gasteiger partial charge in [-0.15, -0.1) is 0 Å². The van der Waals surface area contributed by atoms with Gasteiger partial charge in [0.05, 0.1) is 13.2 Å². The highest BCUT2D eigenvalue weighted by Gasteiger charge is 2.21. The highest BCUT2D eigenvalue weighted by atomic mass is 16.5. The third-order valence-electron chi connectivity index (χ3n) is 4.55. The van der Waals surface area contributed by atoms with Gasteiger partial charge in [-0.25, -0.2) is 0 Å². The molecule has 28 heavy (non-hydrogen) atoms. The summed E-state index contributed by atoms with van der Waals surface area (Å²) in [5.74, 6) is 1.10. The molecule has 1 amide bonds. The van der Waals surface area contributed by atoms with Gasteiger partial charge in [-0.1, -0.05) is 66.2 Å². The Balaban J connectivity index is 1.77. The van der Waals surface area contributed by atoms with Gasteiger partial charge in [-0.3, -0.25) is 4.79 Å². The average Bonchev–Trinajstić information content (AvgIpc) is 2.73. The van der Waals surface area contributed by atoms with Crippen LogP contribution in [0.2, 0.25) is 0 Å². The van der Waals surface area contributed by atoms with Crippen LogP contribution in [0.15, 0.2) is 78.9 Å². The highest BCUT2D eigenvalue weighted by Crippen LogP contribution is 2.24. The van der Waals surface area contributed by atoms with E-state index in [9.17, 15) is 4.79 Å². The van der Waals surface area contributed by atoms with Crippen molar-refractivity contribution in [2.45, 2.75) is 26.0 Å². The van der Waals surface area contributed by atoms with E-state index in [2.05, 4.69) is 5.32 Å². The first-order valence-corrected chi connectivity index (χ1v) is 9.29. The van der Waals surface area contributed by atoms with Crippen LogP contribution in [0.1, 0.15) is 29.7 Å². The van der Waals surface area contributed by atoms with Crippen molar-refractivity contribution in [3.8, 4) is 11.5 Å². The molecule has 0 saturated heterocycles. The van der Waals surface area contributed by atoms with E-state index in [-0.39, 0.29) is 11.9 Å². The SMILES string of the molecule is COc1cccc(O[C@H](C)C(=O)N[C@H](c2ccccc2)c2ccc(C)cc2)c1. The lowest BCUT2D eigenvalue weighted by Crippen LogP contribution is -2.39. The molecule has 0 heterocycles. The number of rotatable bonds is 7. The maximum atomic E-state index is 12.9. The zero-order valence-electron chi connectivity index (χ0n) is 16.4. The van der Waals surface area contributed by atoms with Crippen LogP contribution >= 0.6 is 0 Å². The van der Waals surface area contributed by atoms with Crippen LogP contribution in [0.25, 0.3) is 0 Å². The van der Waals surface area contributed by atoms with E-state index in [1.54, 1.807) is 26.2 Å². The van der Waals surface area contributed by atoms with Gasteiger partial charge in [-0.2, -0.15) is 0 Å². The molecule has 0 radical (unpaired) electrons. The lowest BCUT2D eigenvalue weighted by atomic mass is 9.97. The van der Waals surface area contributed by atoms with Crippen LogP contribution in [-0.2, 0) is 4.79 Å². The summed E-state index contributed by atoms with van der Waals surface area (Å²) >= 11 is 0. The van der Waals surface area contributed by atoms with Gasteiger partial charge in [0.2, 0.25) is 0 Å². The molecule has 0 aliphatic carbocycles. The molecule has 0 aliphatic rings. The number of carbonyl (C=O) groups is 1. The summed E-state index contributed by atoms with van der Waals surface area (Å²) in [6, 6.07) is 25.1. The molecule has 1 N–H and O–H groups in total. The van der Waals surface area contributed by atoms with E-state index in [1.807, 2.05) is 73.7 Å². The van der Waals surface area contributed by atoms with Gasteiger partial charge in [-0.05, 0) is 37.1 Å². The number of benzene rings is 3. The molecule has 0 saturated carbocycles. The second-order valence-corrected chi connectivity index (χ2v) is 6.70. The Morgan fingerprint density at radius 3 is 2.18 bits per heavy atom. The fourth-order valence-electron chi connectivity index (χ4n) is 2.96. The van der Waals surface area contributed by atoms with Crippen molar-refractivity contribution in [2.75, 3.05) is 7.11 Å². The summed E-state index contributed by atoms with van der Waals surface area (Å²) in [7, 11) is 1.60. The van der Waals surface area contributed by atoms with Gasteiger partial charge in [0.25, 0.3) is 5.91 Å². The van der Waals surface area contributed by atoms with Gasteiger partial charge >= 0.3 is 0 Å². The van der Waals surface area contributed by atoms with Crippen molar-refractivity contribution in [1.29, 1.82) is 0 Å². The molecule has 2 atom stereocenters. The first-order chi connectivity index (χ1) is 13.6. The monoisotopic (exact) mass is 375 g/mol. The van der Waals surface area contributed by atoms with Gasteiger partial charge < -0.3 is 14.8 Å². The summed E-state index contributed by atoms with van der Waals surface area (Å²) in [5.41, 5.74) is 3.23. The molecule has 4 heteroatoms. The van der Waals surface area contributed by atoms with E-state index in [0.717, 1.165) is 11.1 Å². The van der Waals surface area contributed by atoms with Crippen molar-refractivity contribution < 1.29 is 14.3 Å².